The van der Waals surface area contributed by atoms with E-state index >= 15 is 0 Å². The van der Waals surface area contributed by atoms with Crippen molar-refractivity contribution in [2.45, 2.75) is 13.3 Å². The Bertz CT molecular complexity index is 367. The van der Waals surface area contributed by atoms with Gasteiger partial charge < -0.3 is 14.8 Å². The van der Waals surface area contributed by atoms with Crippen molar-refractivity contribution in [3.8, 4) is 11.5 Å². The molecular weight excluding hydrogens is 258 g/mol. The van der Waals surface area contributed by atoms with Gasteiger partial charge in [-0.15, -0.1) is 0 Å². The lowest BCUT2D eigenvalue weighted by molar-refractivity contribution is 0.274. The van der Waals surface area contributed by atoms with Gasteiger partial charge in [-0.3, -0.25) is 0 Å². The van der Waals surface area contributed by atoms with Gasteiger partial charge in [0, 0.05) is 6.54 Å². The Morgan fingerprint density at radius 3 is 2.74 bits per heavy atom. The van der Waals surface area contributed by atoms with Gasteiger partial charge in [0.2, 0.25) is 0 Å². The van der Waals surface area contributed by atoms with E-state index < -0.39 is 0 Å². The Labute approximate surface area is 120 Å². The molecule has 4 heteroatoms. The molecule has 1 atom stereocenters. The molecule has 1 N–H and O–H groups in total. The third kappa shape index (κ3) is 4.96. The van der Waals surface area contributed by atoms with Crippen molar-refractivity contribution in [1.29, 1.82) is 0 Å². The van der Waals surface area contributed by atoms with Crippen molar-refractivity contribution in [2.24, 2.45) is 5.92 Å². The van der Waals surface area contributed by atoms with Gasteiger partial charge in [-0.2, -0.15) is 11.8 Å². The van der Waals surface area contributed by atoms with Crippen LogP contribution in [0.3, 0.4) is 0 Å². The van der Waals surface area contributed by atoms with Crippen LogP contribution in [0.4, 0.5) is 0 Å². The number of para-hydroxylation sites is 2. The number of nitrogens with one attached hydrogen (secondary N) is 1. The molecule has 0 amide bonds. The smallest absolute Gasteiger partial charge is 0.161 e. The lowest BCUT2D eigenvalue weighted by atomic mass is 10.1. The van der Waals surface area contributed by atoms with E-state index in [4.69, 9.17) is 9.47 Å². The van der Waals surface area contributed by atoms with Crippen molar-refractivity contribution >= 4 is 11.8 Å². The monoisotopic (exact) mass is 281 g/mol. The van der Waals surface area contributed by atoms with E-state index in [0.717, 1.165) is 30.5 Å². The molecule has 0 bridgehead atoms. The maximum absolute atomic E-state index is 5.76. The van der Waals surface area contributed by atoms with Crippen LogP contribution in [0.2, 0.25) is 0 Å². The maximum Gasteiger partial charge on any atom is 0.161 e. The van der Waals surface area contributed by atoms with Crippen LogP contribution in [0.1, 0.15) is 13.3 Å². The summed E-state index contributed by atoms with van der Waals surface area (Å²) in [7, 11) is 0. The molecule has 0 saturated carbocycles. The zero-order chi connectivity index (χ0) is 13.3. The number of hydrogen-bond acceptors (Lipinski definition) is 4. The molecule has 1 heterocycles. The predicted molar refractivity (Wildman–Crippen MR) is 81.4 cm³/mol. The molecule has 0 aromatic heterocycles. The van der Waals surface area contributed by atoms with Crippen molar-refractivity contribution in [3.63, 3.8) is 0 Å². The van der Waals surface area contributed by atoms with E-state index in [1.165, 1.54) is 17.9 Å². The molecule has 19 heavy (non-hydrogen) atoms. The summed E-state index contributed by atoms with van der Waals surface area (Å²) in [6.07, 6.45) is 1.35. The summed E-state index contributed by atoms with van der Waals surface area (Å²) in [4.78, 5) is 0. The summed E-state index contributed by atoms with van der Waals surface area (Å²) in [5, 5.41) is 3.47. The molecule has 2 rings (SSSR count). The lowest BCUT2D eigenvalue weighted by Gasteiger charge is -2.13. The normalized spacial score (nSPS) is 18.5. The second-order valence-electron chi connectivity index (χ2n) is 4.66. The van der Waals surface area contributed by atoms with E-state index in [1.807, 2.05) is 31.2 Å². The number of thioether (sulfide) groups is 1. The predicted octanol–water partition coefficient (Wildman–Crippen LogP) is 2.81. The average Bonchev–Trinajstić information content (AvgIpc) is 2.94. The van der Waals surface area contributed by atoms with Gasteiger partial charge in [-0.25, -0.2) is 0 Å². The number of ether oxygens (including phenoxy) is 2. The Hall–Kier alpha value is -0.870. The Kier molecular flexibility index (Phi) is 6.37. The molecule has 1 aromatic carbocycles. The van der Waals surface area contributed by atoms with Gasteiger partial charge in [-0.05, 0) is 49.4 Å². The number of benzene rings is 1. The van der Waals surface area contributed by atoms with Gasteiger partial charge in [0.15, 0.2) is 11.5 Å². The van der Waals surface area contributed by atoms with Crippen LogP contribution < -0.4 is 14.8 Å². The van der Waals surface area contributed by atoms with E-state index in [1.54, 1.807) is 0 Å². The minimum atomic E-state index is 0.665. The molecule has 0 radical (unpaired) electrons. The second kappa shape index (κ2) is 8.33. The van der Waals surface area contributed by atoms with E-state index in [2.05, 4.69) is 17.1 Å². The molecular formula is C15H23NO2S. The molecule has 1 aromatic rings. The number of rotatable bonds is 8. The minimum absolute atomic E-state index is 0.665. The van der Waals surface area contributed by atoms with Crippen molar-refractivity contribution in [3.05, 3.63) is 24.3 Å². The minimum Gasteiger partial charge on any atom is -0.490 e. The van der Waals surface area contributed by atoms with Crippen LogP contribution in [0.25, 0.3) is 0 Å². The van der Waals surface area contributed by atoms with E-state index in [-0.39, 0.29) is 0 Å². The van der Waals surface area contributed by atoms with Crippen LogP contribution in [0.15, 0.2) is 24.3 Å². The number of hydrogen-bond donors (Lipinski definition) is 1. The fourth-order valence-corrected chi connectivity index (χ4v) is 3.41. The summed E-state index contributed by atoms with van der Waals surface area (Å²) in [5.41, 5.74) is 0. The van der Waals surface area contributed by atoms with Crippen LogP contribution in [-0.4, -0.2) is 37.8 Å². The highest BCUT2D eigenvalue weighted by molar-refractivity contribution is 7.99. The van der Waals surface area contributed by atoms with E-state index in [9.17, 15) is 0 Å². The molecule has 0 aliphatic carbocycles. The second-order valence-corrected chi connectivity index (χ2v) is 5.81. The zero-order valence-electron chi connectivity index (χ0n) is 11.6. The zero-order valence-corrected chi connectivity index (χ0v) is 12.4. The highest BCUT2D eigenvalue weighted by atomic mass is 32.2. The van der Waals surface area contributed by atoms with Crippen molar-refractivity contribution < 1.29 is 9.47 Å². The topological polar surface area (TPSA) is 30.5 Å². The summed E-state index contributed by atoms with van der Waals surface area (Å²) in [6, 6.07) is 7.84. The summed E-state index contributed by atoms with van der Waals surface area (Å²) in [6.45, 7) is 5.34. The third-order valence-electron chi connectivity index (χ3n) is 3.14. The Balaban J connectivity index is 1.64. The fourth-order valence-electron chi connectivity index (χ4n) is 2.13. The first-order valence-corrected chi connectivity index (χ1v) is 8.18. The summed E-state index contributed by atoms with van der Waals surface area (Å²) >= 11 is 2.06. The quantitative estimate of drug-likeness (QED) is 0.742. The average molecular weight is 281 g/mol. The maximum atomic E-state index is 5.76. The van der Waals surface area contributed by atoms with Gasteiger partial charge in [0.05, 0.1) is 6.61 Å². The Morgan fingerprint density at radius 2 is 2.05 bits per heavy atom. The first-order valence-electron chi connectivity index (χ1n) is 7.03. The van der Waals surface area contributed by atoms with Crippen LogP contribution in [-0.2, 0) is 0 Å². The largest absolute Gasteiger partial charge is 0.490 e. The summed E-state index contributed by atoms with van der Waals surface area (Å²) < 4.78 is 11.3. The standard InChI is InChI=1S/C15H23NO2S/c1-2-17-14-5-3-4-6-15(14)18-9-8-16-11-13-7-10-19-12-13/h3-6,13,16H,2,7-12H2,1H3. The van der Waals surface area contributed by atoms with Crippen LogP contribution >= 0.6 is 11.8 Å². The Morgan fingerprint density at radius 1 is 1.26 bits per heavy atom. The lowest BCUT2D eigenvalue weighted by Crippen LogP contribution is -2.27. The van der Waals surface area contributed by atoms with Crippen molar-refractivity contribution in [1.82, 2.24) is 5.32 Å². The molecule has 1 fully saturated rings. The molecule has 106 valence electrons. The van der Waals surface area contributed by atoms with Gasteiger partial charge in [0.1, 0.15) is 6.61 Å². The fraction of sp³-hybridized carbons (Fsp3) is 0.600. The highest BCUT2D eigenvalue weighted by Gasteiger charge is 2.14. The van der Waals surface area contributed by atoms with Crippen molar-refractivity contribution in [2.75, 3.05) is 37.8 Å². The molecule has 0 spiro atoms. The van der Waals surface area contributed by atoms with Gasteiger partial charge in [-0.1, -0.05) is 12.1 Å². The summed E-state index contributed by atoms with van der Waals surface area (Å²) in [5.74, 6) is 5.14. The van der Waals surface area contributed by atoms with Gasteiger partial charge in [0.25, 0.3) is 0 Å². The first kappa shape index (κ1) is 14.5. The first-order chi connectivity index (χ1) is 9.40. The van der Waals surface area contributed by atoms with Crippen LogP contribution in [0, 0.1) is 5.92 Å². The van der Waals surface area contributed by atoms with Crippen LogP contribution in [0.5, 0.6) is 11.5 Å². The van der Waals surface area contributed by atoms with Gasteiger partial charge >= 0.3 is 0 Å². The van der Waals surface area contributed by atoms with E-state index in [0.29, 0.717) is 13.2 Å². The SMILES string of the molecule is CCOc1ccccc1OCCNCC1CCSC1. The molecule has 1 aliphatic heterocycles. The third-order valence-corrected chi connectivity index (χ3v) is 4.37. The molecule has 1 aliphatic rings. The molecule has 3 nitrogen and oxygen atoms in total. The molecule has 1 unspecified atom stereocenters. The highest BCUT2D eigenvalue weighted by Crippen LogP contribution is 2.26. The molecule has 1 saturated heterocycles.